The molecule has 0 amide bonds. The fourth-order valence-electron chi connectivity index (χ4n) is 1.90. The van der Waals surface area contributed by atoms with Crippen molar-refractivity contribution < 1.29 is 4.74 Å². The van der Waals surface area contributed by atoms with E-state index in [1.54, 1.807) is 0 Å². The molecule has 0 fully saturated rings. The normalized spacial score (nSPS) is 11.9. The molecule has 0 atom stereocenters. The van der Waals surface area contributed by atoms with Gasteiger partial charge in [0.1, 0.15) is 11.4 Å². The van der Waals surface area contributed by atoms with Crippen LogP contribution in [0.4, 0.5) is 0 Å². The van der Waals surface area contributed by atoms with Crippen LogP contribution >= 0.6 is 0 Å². The van der Waals surface area contributed by atoms with Gasteiger partial charge in [-0.3, -0.25) is 0 Å². The molecule has 1 rings (SSSR count). The molecule has 102 valence electrons. The summed E-state index contributed by atoms with van der Waals surface area (Å²) in [5.41, 5.74) is 1.26. The van der Waals surface area contributed by atoms with Gasteiger partial charge in [-0.05, 0) is 58.0 Å². The van der Waals surface area contributed by atoms with E-state index in [0.29, 0.717) is 0 Å². The fourth-order valence-corrected chi connectivity index (χ4v) is 1.90. The molecule has 1 aromatic rings. The monoisotopic (exact) mass is 249 g/mol. The third kappa shape index (κ3) is 5.54. The second-order valence-corrected chi connectivity index (χ2v) is 5.64. The highest BCUT2D eigenvalue weighted by atomic mass is 16.5. The molecule has 0 N–H and O–H groups in total. The molecular formula is C16H27NO. The minimum Gasteiger partial charge on any atom is -0.488 e. The molecule has 0 radical (unpaired) electrons. The first-order chi connectivity index (χ1) is 8.44. The lowest BCUT2D eigenvalue weighted by molar-refractivity contribution is 0.131. The minimum atomic E-state index is -0.122. The molecule has 0 bridgehead atoms. The molecule has 18 heavy (non-hydrogen) atoms. The van der Waals surface area contributed by atoms with Crippen molar-refractivity contribution in [2.75, 3.05) is 19.6 Å². The van der Waals surface area contributed by atoms with E-state index in [1.807, 2.05) is 0 Å². The zero-order chi connectivity index (χ0) is 13.6. The Bertz CT molecular complexity index is 333. The molecule has 0 saturated carbocycles. The van der Waals surface area contributed by atoms with Gasteiger partial charge in [-0.1, -0.05) is 26.0 Å². The quantitative estimate of drug-likeness (QED) is 0.761. The molecular weight excluding hydrogens is 222 g/mol. The average Bonchev–Trinajstić information content (AvgIpc) is 2.30. The van der Waals surface area contributed by atoms with Gasteiger partial charge in [0.05, 0.1) is 0 Å². The average molecular weight is 249 g/mol. The lowest BCUT2D eigenvalue weighted by Crippen LogP contribution is -2.25. The van der Waals surface area contributed by atoms with Crippen LogP contribution in [0.1, 0.15) is 40.2 Å². The number of ether oxygens (including phenoxy) is 1. The Morgan fingerprint density at radius 2 is 1.56 bits per heavy atom. The van der Waals surface area contributed by atoms with Gasteiger partial charge in [0.25, 0.3) is 0 Å². The van der Waals surface area contributed by atoms with Crippen molar-refractivity contribution in [2.45, 2.75) is 46.6 Å². The summed E-state index contributed by atoms with van der Waals surface area (Å²) in [6.45, 7) is 14.0. The molecule has 0 spiro atoms. The van der Waals surface area contributed by atoms with E-state index in [1.165, 1.54) is 5.56 Å². The van der Waals surface area contributed by atoms with Crippen molar-refractivity contribution >= 4 is 0 Å². The maximum atomic E-state index is 5.81. The third-order valence-electron chi connectivity index (χ3n) is 2.96. The first-order valence-electron chi connectivity index (χ1n) is 6.95. The van der Waals surface area contributed by atoms with Crippen LogP contribution < -0.4 is 4.74 Å². The van der Waals surface area contributed by atoms with Gasteiger partial charge in [-0.25, -0.2) is 0 Å². The highest BCUT2D eigenvalue weighted by Crippen LogP contribution is 2.18. The Morgan fingerprint density at radius 1 is 1.00 bits per heavy atom. The Balaban J connectivity index is 2.50. The summed E-state index contributed by atoms with van der Waals surface area (Å²) >= 11 is 0. The van der Waals surface area contributed by atoms with Gasteiger partial charge < -0.3 is 9.64 Å². The second kappa shape index (κ2) is 6.79. The third-order valence-corrected chi connectivity index (χ3v) is 2.96. The van der Waals surface area contributed by atoms with E-state index in [-0.39, 0.29) is 5.60 Å². The number of nitrogens with zero attached hydrogens (tertiary/aromatic N) is 1. The van der Waals surface area contributed by atoms with Crippen molar-refractivity contribution in [3.8, 4) is 5.75 Å². The van der Waals surface area contributed by atoms with E-state index in [2.05, 4.69) is 63.8 Å². The van der Waals surface area contributed by atoms with E-state index < -0.39 is 0 Å². The maximum Gasteiger partial charge on any atom is 0.120 e. The van der Waals surface area contributed by atoms with Crippen LogP contribution in [-0.2, 0) is 6.42 Å². The first-order valence-corrected chi connectivity index (χ1v) is 6.95. The zero-order valence-corrected chi connectivity index (χ0v) is 12.5. The number of hydrogen-bond acceptors (Lipinski definition) is 2. The van der Waals surface area contributed by atoms with Crippen molar-refractivity contribution in [3.05, 3.63) is 29.8 Å². The zero-order valence-electron chi connectivity index (χ0n) is 12.5. The van der Waals surface area contributed by atoms with Gasteiger partial charge in [0.2, 0.25) is 0 Å². The van der Waals surface area contributed by atoms with Crippen molar-refractivity contribution in [3.63, 3.8) is 0 Å². The largest absolute Gasteiger partial charge is 0.488 e. The Labute approximate surface area is 112 Å². The molecule has 0 aromatic heterocycles. The van der Waals surface area contributed by atoms with Crippen molar-refractivity contribution in [1.82, 2.24) is 4.90 Å². The SMILES string of the molecule is CCN(CC)CCc1ccc(OC(C)(C)C)cc1. The first kappa shape index (κ1) is 15.0. The van der Waals surface area contributed by atoms with Crippen molar-refractivity contribution in [1.29, 1.82) is 0 Å². The van der Waals surface area contributed by atoms with Crippen LogP contribution in [-0.4, -0.2) is 30.1 Å². The van der Waals surface area contributed by atoms with Crippen molar-refractivity contribution in [2.24, 2.45) is 0 Å². The summed E-state index contributed by atoms with van der Waals surface area (Å²) in [5, 5.41) is 0. The summed E-state index contributed by atoms with van der Waals surface area (Å²) < 4.78 is 5.81. The Morgan fingerprint density at radius 3 is 2.00 bits per heavy atom. The molecule has 0 heterocycles. The number of rotatable bonds is 6. The summed E-state index contributed by atoms with van der Waals surface area (Å²) in [6.07, 6.45) is 1.11. The summed E-state index contributed by atoms with van der Waals surface area (Å²) in [6, 6.07) is 8.49. The summed E-state index contributed by atoms with van der Waals surface area (Å²) in [5.74, 6) is 0.953. The van der Waals surface area contributed by atoms with Gasteiger partial charge in [-0.15, -0.1) is 0 Å². The van der Waals surface area contributed by atoms with Crippen LogP contribution in [0.15, 0.2) is 24.3 Å². The fraction of sp³-hybridized carbons (Fsp3) is 0.625. The molecule has 0 aliphatic heterocycles. The molecule has 0 aliphatic rings. The molecule has 0 unspecified atom stereocenters. The van der Waals surface area contributed by atoms with Gasteiger partial charge in [0, 0.05) is 6.54 Å². The van der Waals surface area contributed by atoms with Crippen LogP contribution in [0.3, 0.4) is 0 Å². The number of likely N-dealkylation sites (N-methyl/N-ethyl adjacent to an activating group) is 1. The standard InChI is InChI=1S/C16H27NO/c1-6-17(7-2)13-12-14-8-10-15(11-9-14)18-16(3,4)5/h8-11H,6-7,12-13H2,1-5H3. The van der Waals surface area contributed by atoms with Crippen LogP contribution in [0.25, 0.3) is 0 Å². The molecule has 0 aliphatic carbocycles. The van der Waals surface area contributed by atoms with Crippen LogP contribution in [0.5, 0.6) is 5.75 Å². The number of hydrogen-bond donors (Lipinski definition) is 0. The minimum absolute atomic E-state index is 0.122. The smallest absolute Gasteiger partial charge is 0.120 e. The topological polar surface area (TPSA) is 12.5 Å². The van der Waals surface area contributed by atoms with Crippen LogP contribution in [0, 0.1) is 0 Å². The number of benzene rings is 1. The molecule has 1 aromatic carbocycles. The Hall–Kier alpha value is -1.02. The van der Waals surface area contributed by atoms with Gasteiger partial charge >= 0.3 is 0 Å². The highest BCUT2D eigenvalue weighted by Gasteiger charge is 2.11. The van der Waals surface area contributed by atoms with E-state index in [0.717, 1.165) is 31.8 Å². The molecule has 2 nitrogen and oxygen atoms in total. The molecule has 0 saturated heterocycles. The van der Waals surface area contributed by atoms with Gasteiger partial charge in [0.15, 0.2) is 0 Å². The maximum absolute atomic E-state index is 5.81. The lowest BCUT2D eigenvalue weighted by Gasteiger charge is -2.21. The lowest BCUT2D eigenvalue weighted by atomic mass is 10.1. The van der Waals surface area contributed by atoms with Gasteiger partial charge in [-0.2, -0.15) is 0 Å². The Kier molecular flexibility index (Phi) is 5.67. The molecule has 2 heteroatoms. The summed E-state index contributed by atoms with van der Waals surface area (Å²) in [4.78, 5) is 2.44. The van der Waals surface area contributed by atoms with Crippen LogP contribution in [0.2, 0.25) is 0 Å². The predicted molar refractivity (Wildman–Crippen MR) is 78.3 cm³/mol. The van der Waals surface area contributed by atoms with E-state index >= 15 is 0 Å². The predicted octanol–water partition coefficient (Wildman–Crippen LogP) is 3.75. The second-order valence-electron chi connectivity index (χ2n) is 5.64. The summed E-state index contributed by atoms with van der Waals surface area (Å²) in [7, 11) is 0. The van der Waals surface area contributed by atoms with E-state index in [9.17, 15) is 0 Å². The van der Waals surface area contributed by atoms with E-state index in [4.69, 9.17) is 4.74 Å². The highest BCUT2D eigenvalue weighted by molar-refractivity contribution is 5.27.